The molecule has 1 aromatic carbocycles. The molecule has 0 spiro atoms. The number of halogens is 1. The molecule has 0 bridgehead atoms. The summed E-state index contributed by atoms with van der Waals surface area (Å²) in [6.45, 7) is 9.52. The largest absolute Gasteiger partial charge is 0.305 e. The number of hydrogen-bond acceptors (Lipinski definition) is 2. The van der Waals surface area contributed by atoms with Crippen molar-refractivity contribution in [3.8, 4) is 0 Å². The lowest BCUT2D eigenvalue weighted by molar-refractivity contribution is 0.474. The lowest BCUT2D eigenvalue weighted by Gasteiger charge is -2.23. The number of benzene rings is 1. The highest BCUT2D eigenvalue weighted by Gasteiger charge is 2.23. The first-order chi connectivity index (χ1) is 9.56. The summed E-state index contributed by atoms with van der Waals surface area (Å²) in [7, 11) is 0. The van der Waals surface area contributed by atoms with Crippen molar-refractivity contribution in [2.24, 2.45) is 0 Å². The average Bonchev–Trinajstić information content (AvgIpc) is 2.79. The summed E-state index contributed by atoms with van der Waals surface area (Å²) >= 11 is 3.65. The molecular formula is C16H22BrN3. The average molecular weight is 336 g/mol. The van der Waals surface area contributed by atoms with E-state index >= 15 is 0 Å². The second-order valence-electron chi connectivity index (χ2n) is 5.26. The first-order valence-corrected chi connectivity index (χ1v) is 7.87. The molecular weight excluding hydrogens is 314 g/mol. The third-order valence-corrected chi connectivity index (χ3v) is 4.07. The summed E-state index contributed by atoms with van der Waals surface area (Å²) in [6, 6.07) is 9.01. The number of aryl methyl sites for hydroxylation is 1. The molecule has 0 saturated carbocycles. The van der Waals surface area contributed by atoms with E-state index < -0.39 is 0 Å². The van der Waals surface area contributed by atoms with E-state index in [0.717, 1.165) is 11.0 Å². The fourth-order valence-corrected chi connectivity index (χ4v) is 3.00. The van der Waals surface area contributed by atoms with Gasteiger partial charge in [-0.15, -0.1) is 0 Å². The van der Waals surface area contributed by atoms with Gasteiger partial charge in [-0.1, -0.05) is 31.2 Å². The van der Waals surface area contributed by atoms with Gasteiger partial charge in [-0.2, -0.15) is 5.10 Å². The molecule has 0 radical (unpaired) electrons. The van der Waals surface area contributed by atoms with Gasteiger partial charge in [0, 0.05) is 6.04 Å². The zero-order valence-corrected chi connectivity index (χ0v) is 14.1. The van der Waals surface area contributed by atoms with Crippen LogP contribution in [0.4, 0.5) is 0 Å². The van der Waals surface area contributed by atoms with Crippen LogP contribution in [0, 0.1) is 6.92 Å². The Morgan fingerprint density at radius 2 is 2.00 bits per heavy atom. The molecule has 0 fully saturated rings. The third kappa shape index (κ3) is 2.96. The van der Waals surface area contributed by atoms with Crippen LogP contribution in [-0.2, 0) is 0 Å². The Labute approximate surface area is 129 Å². The molecule has 2 rings (SSSR count). The molecule has 1 heterocycles. The van der Waals surface area contributed by atoms with Gasteiger partial charge in [-0.05, 0) is 54.4 Å². The monoisotopic (exact) mass is 335 g/mol. The highest BCUT2D eigenvalue weighted by Crippen LogP contribution is 2.31. The zero-order valence-electron chi connectivity index (χ0n) is 12.5. The Hall–Kier alpha value is -1.13. The standard InChI is InChI=1S/C16H22BrN3/c1-5-18-15(13-9-7-6-8-12(13)4)16-14(17)10-19-20(16)11(2)3/h6-11,15,18H,5H2,1-4H3. The van der Waals surface area contributed by atoms with Crippen LogP contribution in [0.1, 0.15) is 49.7 Å². The van der Waals surface area contributed by atoms with Gasteiger partial charge in [-0.25, -0.2) is 0 Å². The van der Waals surface area contributed by atoms with Crippen LogP contribution in [0.25, 0.3) is 0 Å². The van der Waals surface area contributed by atoms with Gasteiger partial charge in [0.2, 0.25) is 0 Å². The maximum atomic E-state index is 4.50. The summed E-state index contributed by atoms with van der Waals surface area (Å²) in [5.41, 5.74) is 3.79. The second kappa shape index (κ2) is 6.55. The van der Waals surface area contributed by atoms with Crippen molar-refractivity contribution < 1.29 is 0 Å². The highest BCUT2D eigenvalue weighted by atomic mass is 79.9. The van der Waals surface area contributed by atoms with Crippen LogP contribution < -0.4 is 5.32 Å². The maximum Gasteiger partial charge on any atom is 0.0762 e. The number of nitrogens with one attached hydrogen (secondary N) is 1. The first-order valence-electron chi connectivity index (χ1n) is 7.08. The van der Waals surface area contributed by atoms with Gasteiger partial charge < -0.3 is 5.32 Å². The van der Waals surface area contributed by atoms with Crippen LogP contribution in [0.2, 0.25) is 0 Å². The van der Waals surface area contributed by atoms with Crippen molar-refractivity contribution in [1.82, 2.24) is 15.1 Å². The van der Waals surface area contributed by atoms with E-state index in [-0.39, 0.29) is 6.04 Å². The van der Waals surface area contributed by atoms with Crippen LogP contribution >= 0.6 is 15.9 Å². The molecule has 108 valence electrons. The summed E-state index contributed by atoms with van der Waals surface area (Å²) in [5.74, 6) is 0. The van der Waals surface area contributed by atoms with Crippen molar-refractivity contribution in [3.05, 3.63) is 51.8 Å². The topological polar surface area (TPSA) is 29.9 Å². The Balaban J connectivity index is 2.55. The molecule has 3 nitrogen and oxygen atoms in total. The number of hydrogen-bond donors (Lipinski definition) is 1. The van der Waals surface area contributed by atoms with Crippen LogP contribution in [0.15, 0.2) is 34.9 Å². The SMILES string of the molecule is CCNC(c1ccccc1C)c1c(Br)cnn1C(C)C. The lowest BCUT2D eigenvalue weighted by Crippen LogP contribution is -2.26. The van der Waals surface area contributed by atoms with Gasteiger partial charge in [0.15, 0.2) is 0 Å². The van der Waals surface area contributed by atoms with Crippen LogP contribution in [-0.4, -0.2) is 16.3 Å². The number of aromatic nitrogens is 2. The number of rotatable bonds is 5. The smallest absolute Gasteiger partial charge is 0.0762 e. The summed E-state index contributed by atoms with van der Waals surface area (Å²) in [6.07, 6.45) is 1.89. The molecule has 4 heteroatoms. The molecule has 0 aliphatic rings. The molecule has 0 saturated heterocycles. The van der Waals surface area contributed by atoms with Gasteiger partial charge >= 0.3 is 0 Å². The first kappa shape index (κ1) is 15.3. The highest BCUT2D eigenvalue weighted by molar-refractivity contribution is 9.10. The zero-order chi connectivity index (χ0) is 14.7. The summed E-state index contributed by atoms with van der Waals surface area (Å²) < 4.78 is 3.14. The Kier molecular flexibility index (Phi) is 5.00. The Morgan fingerprint density at radius 3 is 2.60 bits per heavy atom. The van der Waals surface area contributed by atoms with E-state index in [0.29, 0.717) is 6.04 Å². The van der Waals surface area contributed by atoms with Gasteiger partial charge in [0.05, 0.1) is 22.4 Å². The minimum absolute atomic E-state index is 0.153. The molecule has 1 atom stereocenters. The molecule has 0 amide bonds. The molecule has 0 aliphatic carbocycles. The molecule has 1 unspecified atom stereocenters. The fraction of sp³-hybridized carbons (Fsp3) is 0.438. The predicted molar refractivity (Wildman–Crippen MR) is 87.0 cm³/mol. The summed E-state index contributed by atoms with van der Waals surface area (Å²) in [5, 5.41) is 8.09. The molecule has 20 heavy (non-hydrogen) atoms. The predicted octanol–water partition coefficient (Wildman–Crippen LogP) is 4.23. The van der Waals surface area contributed by atoms with Gasteiger partial charge in [0.25, 0.3) is 0 Å². The van der Waals surface area contributed by atoms with E-state index in [4.69, 9.17) is 0 Å². The third-order valence-electron chi connectivity index (χ3n) is 3.46. The Bertz CT molecular complexity index is 575. The number of nitrogens with zero attached hydrogens (tertiary/aromatic N) is 2. The molecule has 2 aromatic rings. The fourth-order valence-electron chi connectivity index (χ4n) is 2.50. The van der Waals surface area contributed by atoms with Crippen molar-refractivity contribution in [2.45, 2.75) is 39.8 Å². The van der Waals surface area contributed by atoms with Gasteiger partial charge in [-0.3, -0.25) is 4.68 Å². The Morgan fingerprint density at radius 1 is 1.30 bits per heavy atom. The normalized spacial score (nSPS) is 12.9. The minimum Gasteiger partial charge on any atom is -0.305 e. The van der Waals surface area contributed by atoms with E-state index in [1.807, 2.05) is 6.20 Å². The molecule has 0 aliphatic heterocycles. The maximum absolute atomic E-state index is 4.50. The van der Waals surface area contributed by atoms with Crippen LogP contribution in [0.3, 0.4) is 0 Å². The second-order valence-corrected chi connectivity index (χ2v) is 6.12. The molecule has 1 aromatic heterocycles. The van der Waals surface area contributed by atoms with Crippen molar-refractivity contribution in [3.63, 3.8) is 0 Å². The molecule has 1 N–H and O–H groups in total. The van der Waals surface area contributed by atoms with E-state index in [1.165, 1.54) is 16.8 Å². The van der Waals surface area contributed by atoms with Gasteiger partial charge in [0.1, 0.15) is 0 Å². The quantitative estimate of drug-likeness (QED) is 0.885. The van der Waals surface area contributed by atoms with Crippen molar-refractivity contribution in [1.29, 1.82) is 0 Å². The van der Waals surface area contributed by atoms with E-state index in [1.54, 1.807) is 0 Å². The van der Waals surface area contributed by atoms with E-state index in [9.17, 15) is 0 Å². The summed E-state index contributed by atoms with van der Waals surface area (Å²) in [4.78, 5) is 0. The van der Waals surface area contributed by atoms with Crippen molar-refractivity contribution >= 4 is 15.9 Å². The van der Waals surface area contributed by atoms with Crippen LogP contribution in [0.5, 0.6) is 0 Å². The van der Waals surface area contributed by atoms with Crippen molar-refractivity contribution in [2.75, 3.05) is 6.54 Å². The lowest BCUT2D eigenvalue weighted by atomic mass is 9.98. The van der Waals surface area contributed by atoms with E-state index in [2.05, 4.69) is 83.0 Å². The minimum atomic E-state index is 0.153.